The van der Waals surface area contributed by atoms with E-state index in [1.807, 2.05) is 11.4 Å². The van der Waals surface area contributed by atoms with E-state index in [1.165, 1.54) is 6.33 Å². The number of methoxy groups -OCH3 is 1. The summed E-state index contributed by atoms with van der Waals surface area (Å²) in [6, 6.07) is 1.75. The molecule has 2 heterocycles. The molecule has 0 saturated heterocycles. The molecule has 0 aromatic carbocycles. The summed E-state index contributed by atoms with van der Waals surface area (Å²) >= 11 is 1.57. The minimum Gasteiger partial charge on any atom is -0.496 e. The zero-order chi connectivity index (χ0) is 10.7. The fourth-order valence-electron chi connectivity index (χ4n) is 1.24. The molecule has 2 aromatic heterocycles. The Kier molecular flexibility index (Phi) is 2.94. The van der Waals surface area contributed by atoms with Gasteiger partial charge in [0.2, 0.25) is 0 Å². The molecule has 0 amide bonds. The van der Waals surface area contributed by atoms with Crippen LogP contribution in [0.25, 0.3) is 0 Å². The Balaban J connectivity index is 2.24. The first-order chi connectivity index (χ1) is 7.31. The fraction of sp³-hybridized carbons (Fsp3) is 0.200. The molecule has 0 aliphatic rings. The van der Waals surface area contributed by atoms with Crippen molar-refractivity contribution >= 4 is 11.3 Å². The third-order valence-corrected chi connectivity index (χ3v) is 3.07. The van der Waals surface area contributed by atoms with Crippen molar-refractivity contribution in [3.8, 4) is 5.75 Å². The first kappa shape index (κ1) is 10.1. The van der Waals surface area contributed by atoms with Crippen molar-refractivity contribution in [1.82, 2.24) is 9.97 Å². The van der Waals surface area contributed by atoms with Crippen molar-refractivity contribution in [3.05, 3.63) is 40.6 Å². The van der Waals surface area contributed by atoms with E-state index in [0.29, 0.717) is 0 Å². The second-order valence-corrected chi connectivity index (χ2v) is 3.98. The minimum absolute atomic E-state index is 0.180. The van der Waals surface area contributed by atoms with E-state index in [4.69, 9.17) is 10.5 Å². The monoisotopic (exact) mass is 221 g/mol. The van der Waals surface area contributed by atoms with E-state index in [0.717, 1.165) is 16.2 Å². The van der Waals surface area contributed by atoms with Crippen LogP contribution in [0, 0.1) is 0 Å². The topological polar surface area (TPSA) is 61.0 Å². The molecule has 4 nitrogen and oxygen atoms in total. The van der Waals surface area contributed by atoms with E-state index in [-0.39, 0.29) is 6.04 Å². The number of hydrogen-bond acceptors (Lipinski definition) is 5. The maximum atomic E-state index is 6.06. The Hall–Kier alpha value is -1.46. The molecule has 1 unspecified atom stereocenters. The number of nitrogens with zero attached hydrogens (tertiary/aromatic N) is 2. The van der Waals surface area contributed by atoms with Crippen LogP contribution in [0.15, 0.2) is 30.2 Å². The predicted octanol–water partition coefficient (Wildman–Crippen LogP) is 1.59. The van der Waals surface area contributed by atoms with Gasteiger partial charge in [-0.05, 0) is 6.07 Å². The number of aromatic nitrogens is 2. The summed E-state index contributed by atoms with van der Waals surface area (Å²) in [5.41, 5.74) is 6.96. The third-order valence-electron chi connectivity index (χ3n) is 2.08. The van der Waals surface area contributed by atoms with Gasteiger partial charge in [-0.1, -0.05) is 0 Å². The van der Waals surface area contributed by atoms with Gasteiger partial charge in [0.15, 0.2) is 0 Å². The van der Waals surface area contributed by atoms with Crippen LogP contribution in [0.1, 0.15) is 16.5 Å². The van der Waals surface area contributed by atoms with Gasteiger partial charge in [-0.25, -0.2) is 9.97 Å². The van der Waals surface area contributed by atoms with Crippen LogP contribution < -0.4 is 10.5 Å². The first-order valence-corrected chi connectivity index (χ1v) is 5.32. The summed E-state index contributed by atoms with van der Waals surface area (Å²) in [5.74, 6) is 0.835. The van der Waals surface area contributed by atoms with Crippen LogP contribution in [0.4, 0.5) is 0 Å². The Morgan fingerprint density at radius 1 is 1.40 bits per heavy atom. The van der Waals surface area contributed by atoms with Crippen LogP contribution in [-0.2, 0) is 0 Å². The SMILES string of the molecule is COc1csc(C(N)c2cncnc2)c1. The maximum Gasteiger partial charge on any atom is 0.129 e. The summed E-state index contributed by atoms with van der Waals surface area (Å²) < 4.78 is 5.10. The van der Waals surface area contributed by atoms with Gasteiger partial charge in [-0.2, -0.15) is 0 Å². The molecule has 0 saturated carbocycles. The van der Waals surface area contributed by atoms with Crippen LogP contribution in [-0.4, -0.2) is 17.1 Å². The summed E-state index contributed by atoms with van der Waals surface area (Å²) in [7, 11) is 1.64. The summed E-state index contributed by atoms with van der Waals surface area (Å²) in [6.07, 6.45) is 4.94. The molecule has 0 radical (unpaired) electrons. The van der Waals surface area contributed by atoms with Crippen LogP contribution >= 0.6 is 11.3 Å². The molecule has 0 fully saturated rings. The fourth-order valence-corrected chi connectivity index (χ4v) is 2.12. The van der Waals surface area contributed by atoms with E-state index >= 15 is 0 Å². The first-order valence-electron chi connectivity index (χ1n) is 4.44. The van der Waals surface area contributed by atoms with Gasteiger partial charge in [-0.15, -0.1) is 11.3 Å². The summed E-state index contributed by atoms with van der Waals surface area (Å²) in [6.45, 7) is 0. The average molecular weight is 221 g/mol. The van der Waals surface area contributed by atoms with Crippen LogP contribution in [0.5, 0.6) is 5.75 Å². The molecule has 5 heteroatoms. The van der Waals surface area contributed by atoms with Gasteiger partial charge in [0.05, 0.1) is 13.2 Å². The van der Waals surface area contributed by atoms with Gasteiger partial charge in [0.25, 0.3) is 0 Å². The average Bonchev–Trinajstić information content (AvgIpc) is 2.78. The van der Waals surface area contributed by atoms with Gasteiger partial charge in [-0.3, -0.25) is 0 Å². The molecular formula is C10H11N3OS. The van der Waals surface area contributed by atoms with E-state index < -0.39 is 0 Å². The van der Waals surface area contributed by atoms with Crippen LogP contribution in [0.2, 0.25) is 0 Å². The zero-order valence-corrected chi connectivity index (χ0v) is 9.07. The molecule has 78 valence electrons. The van der Waals surface area contributed by atoms with Crippen molar-refractivity contribution in [2.24, 2.45) is 5.73 Å². The Bertz CT molecular complexity index is 429. The van der Waals surface area contributed by atoms with Crippen molar-refractivity contribution in [2.45, 2.75) is 6.04 Å². The number of ether oxygens (including phenoxy) is 1. The highest BCUT2D eigenvalue weighted by Gasteiger charge is 2.11. The standard InChI is InChI=1S/C10H11N3OS/c1-14-8-2-9(15-5-8)10(11)7-3-12-6-13-4-7/h2-6,10H,11H2,1H3. The lowest BCUT2D eigenvalue weighted by Gasteiger charge is -2.07. The second kappa shape index (κ2) is 4.37. The van der Waals surface area contributed by atoms with E-state index in [2.05, 4.69) is 9.97 Å². The Morgan fingerprint density at radius 2 is 2.13 bits per heavy atom. The van der Waals surface area contributed by atoms with E-state index in [9.17, 15) is 0 Å². The normalized spacial score (nSPS) is 12.4. The van der Waals surface area contributed by atoms with E-state index in [1.54, 1.807) is 30.8 Å². The zero-order valence-electron chi connectivity index (χ0n) is 8.25. The van der Waals surface area contributed by atoms with Crippen molar-refractivity contribution in [2.75, 3.05) is 7.11 Å². The van der Waals surface area contributed by atoms with Crippen molar-refractivity contribution in [3.63, 3.8) is 0 Å². The molecule has 0 aliphatic carbocycles. The summed E-state index contributed by atoms with van der Waals surface area (Å²) in [5, 5.41) is 1.93. The number of rotatable bonds is 3. The molecule has 0 spiro atoms. The lowest BCUT2D eigenvalue weighted by Crippen LogP contribution is -2.10. The second-order valence-electron chi connectivity index (χ2n) is 3.04. The third kappa shape index (κ3) is 2.14. The largest absolute Gasteiger partial charge is 0.496 e. The smallest absolute Gasteiger partial charge is 0.129 e. The highest BCUT2D eigenvalue weighted by Crippen LogP contribution is 2.28. The van der Waals surface area contributed by atoms with Crippen molar-refractivity contribution in [1.29, 1.82) is 0 Å². The number of hydrogen-bond donors (Lipinski definition) is 1. The highest BCUT2D eigenvalue weighted by molar-refractivity contribution is 7.10. The van der Waals surface area contributed by atoms with Gasteiger partial charge >= 0.3 is 0 Å². The van der Waals surface area contributed by atoms with Gasteiger partial charge in [0, 0.05) is 28.2 Å². The minimum atomic E-state index is -0.180. The van der Waals surface area contributed by atoms with Gasteiger partial charge in [0.1, 0.15) is 12.1 Å². The molecule has 2 N–H and O–H groups in total. The Labute approximate surface area is 91.8 Å². The lowest BCUT2D eigenvalue weighted by molar-refractivity contribution is 0.416. The molecule has 0 aliphatic heterocycles. The number of nitrogens with two attached hydrogens (primary N) is 1. The molecule has 2 rings (SSSR count). The lowest BCUT2D eigenvalue weighted by atomic mass is 10.1. The number of thiophene rings is 1. The maximum absolute atomic E-state index is 6.06. The quantitative estimate of drug-likeness (QED) is 0.855. The summed E-state index contributed by atoms with van der Waals surface area (Å²) in [4.78, 5) is 8.92. The molecule has 15 heavy (non-hydrogen) atoms. The highest BCUT2D eigenvalue weighted by atomic mass is 32.1. The van der Waals surface area contributed by atoms with Crippen molar-refractivity contribution < 1.29 is 4.74 Å². The molecule has 0 bridgehead atoms. The molecule has 1 atom stereocenters. The molecule has 2 aromatic rings. The Morgan fingerprint density at radius 3 is 2.73 bits per heavy atom. The molecular weight excluding hydrogens is 210 g/mol. The van der Waals surface area contributed by atoms with Gasteiger partial charge < -0.3 is 10.5 Å². The predicted molar refractivity (Wildman–Crippen MR) is 58.9 cm³/mol. The van der Waals surface area contributed by atoms with Crippen LogP contribution in [0.3, 0.4) is 0 Å².